The molecular weight excluding hydrogens is 570 g/mol. The van der Waals surface area contributed by atoms with Crippen LogP contribution in [-0.2, 0) is 24.7 Å². The summed E-state index contributed by atoms with van der Waals surface area (Å²) in [5.41, 5.74) is 11.4. The maximum absolute atomic E-state index is 12.8. The van der Waals surface area contributed by atoms with Crippen LogP contribution < -0.4 is 21.5 Å². The number of amides is 2. The van der Waals surface area contributed by atoms with E-state index in [0.29, 0.717) is 15.8 Å². The molecule has 0 spiro atoms. The van der Waals surface area contributed by atoms with Gasteiger partial charge in [0.1, 0.15) is 29.9 Å². The highest BCUT2D eigenvalue weighted by Gasteiger charge is 2.51. The number of β-lactam (4-membered cyclic amide) rings is 1. The van der Waals surface area contributed by atoms with E-state index in [2.05, 4.69) is 31.4 Å². The average Bonchev–Trinajstić information content (AvgIpc) is 3.20. The molecule has 7 N–H and O–H groups in total. The fourth-order valence-electron chi connectivity index (χ4n) is 3.00. The number of hydrogen-bond acceptors (Lipinski definition) is 11. The van der Waals surface area contributed by atoms with Gasteiger partial charge >= 0.3 is 10.3 Å². The van der Waals surface area contributed by atoms with Crippen molar-refractivity contribution < 1.29 is 32.1 Å². The lowest BCUT2D eigenvalue weighted by Crippen LogP contribution is -2.71. The van der Waals surface area contributed by atoms with Crippen LogP contribution in [0.15, 0.2) is 33.2 Å². The third-order valence-electron chi connectivity index (χ3n) is 4.68. The van der Waals surface area contributed by atoms with Gasteiger partial charge in [0.15, 0.2) is 17.5 Å². The quantitative estimate of drug-likeness (QED) is 0.0626. The number of ether oxygens (including phenoxy) is 1. The topological polar surface area (TPSA) is 223 Å². The Bertz CT molecular complexity index is 1300. The summed E-state index contributed by atoms with van der Waals surface area (Å²) in [5.74, 6) is -1.49. The van der Waals surface area contributed by atoms with Crippen molar-refractivity contribution in [2.45, 2.75) is 19.0 Å². The number of nitrogens with one attached hydrogen (secondary N) is 2. The predicted molar refractivity (Wildman–Crippen MR) is 129 cm³/mol. The maximum atomic E-state index is 12.8. The van der Waals surface area contributed by atoms with Crippen molar-refractivity contribution in [3.63, 3.8) is 0 Å². The summed E-state index contributed by atoms with van der Waals surface area (Å²) < 4.78 is 38.0. The number of nitrogens with two attached hydrogens (primary N) is 2. The number of benzene rings is 1. The van der Waals surface area contributed by atoms with Crippen molar-refractivity contribution in [1.29, 1.82) is 5.41 Å². The van der Waals surface area contributed by atoms with Crippen LogP contribution in [0.1, 0.15) is 18.2 Å². The van der Waals surface area contributed by atoms with E-state index in [1.807, 2.05) is 0 Å². The standard InChI is InChI=1S/C18H20BrN7O7S2/c1-8-13(17(28)26(8)35(29,30)31)24-16(27)14(11-7-34-18(22)23-11)25-33-5-4-32-12-3-2-9(15(20)21)6-10(12)19/h2-3,6-8,13H,4-5H2,1H3,(H3,20,21)(H2,22,23)(H,24,27)(H,29,30,31)/b25-14-/t8-,13-/m0/s1. The molecule has 17 heteroatoms. The van der Waals surface area contributed by atoms with Gasteiger partial charge in [-0.25, -0.2) is 9.29 Å². The lowest BCUT2D eigenvalue weighted by Gasteiger charge is -2.42. The number of carbonyl (C=O) groups is 2. The molecule has 14 nitrogen and oxygen atoms in total. The Morgan fingerprint density at radius 3 is 2.69 bits per heavy atom. The van der Waals surface area contributed by atoms with Crippen molar-refractivity contribution in [3.05, 3.63) is 39.3 Å². The largest absolute Gasteiger partial charge is 0.489 e. The normalized spacial score (nSPS) is 18.1. The second kappa shape index (κ2) is 10.5. The SMILES string of the molecule is C[C@H]1[C@H](NC(=O)/C(=N\OCCOc2ccc(C(=N)N)cc2Br)c2csc(N)n2)C(=O)N1S(=O)(=O)O. The molecule has 0 saturated carbocycles. The molecule has 1 aromatic heterocycles. The minimum absolute atomic E-state index is 0.0388. The molecule has 0 radical (unpaired) electrons. The molecule has 35 heavy (non-hydrogen) atoms. The highest BCUT2D eigenvalue weighted by Crippen LogP contribution is 2.26. The zero-order valence-corrected chi connectivity index (χ0v) is 21.2. The Hall–Kier alpha value is -3.28. The number of nitrogen functional groups attached to an aromatic ring is 2. The van der Waals surface area contributed by atoms with E-state index in [1.165, 1.54) is 12.3 Å². The van der Waals surface area contributed by atoms with E-state index < -0.39 is 34.2 Å². The van der Waals surface area contributed by atoms with Gasteiger partial charge in [0.05, 0.1) is 10.5 Å². The number of rotatable bonds is 10. The summed E-state index contributed by atoms with van der Waals surface area (Å²) in [4.78, 5) is 34.0. The smallest absolute Gasteiger partial charge is 0.362 e. The Balaban J connectivity index is 1.64. The third kappa shape index (κ3) is 6.05. The number of aromatic nitrogens is 1. The Morgan fingerprint density at radius 2 is 2.14 bits per heavy atom. The van der Waals surface area contributed by atoms with E-state index in [-0.39, 0.29) is 39.9 Å². The highest BCUT2D eigenvalue weighted by molar-refractivity contribution is 9.10. The molecule has 0 bridgehead atoms. The molecule has 2 aromatic rings. The maximum Gasteiger partial charge on any atom is 0.362 e. The van der Waals surface area contributed by atoms with Gasteiger partial charge in [-0.2, -0.15) is 8.42 Å². The Morgan fingerprint density at radius 1 is 1.43 bits per heavy atom. The van der Waals surface area contributed by atoms with E-state index in [1.54, 1.807) is 18.2 Å². The summed E-state index contributed by atoms with van der Waals surface area (Å²) in [6.07, 6.45) is 0. The summed E-state index contributed by atoms with van der Waals surface area (Å²) >= 11 is 4.37. The second-order valence-electron chi connectivity index (χ2n) is 7.06. The first-order chi connectivity index (χ1) is 16.4. The monoisotopic (exact) mass is 589 g/mol. The molecule has 1 fully saturated rings. The van der Waals surface area contributed by atoms with Crippen LogP contribution in [0, 0.1) is 5.41 Å². The number of oxime groups is 1. The van der Waals surface area contributed by atoms with Crippen molar-refractivity contribution in [1.82, 2.24) is 14.6 Å². The van der Waals surface area contributed by atoms with Gasteiger partial charge in [-0.15, -0.1) is 11.3 Å². The van der Waals surface area contributed by atoms with Crippen LogP contribution in [0.3, 0.4) is 0 Å². The van der Waals surface area contributed by atoms with Crippen molar-refractivity contribution in [3.8, 4) is 5.75 Å². The molecule has 3 rings (SSSR count). The molecule has 1 saturated heterocycles. The van der Waals surface area contributed by atoms with Gasteiger partial charge in [-0.3, -0.25) is 19.6 Å². The minimum atomic E-state index is -4.74. The van der Waals surface area contributed by atoms with Crippen molar-refractivity contribution in [2.24, 2.45) is 10.9 Å². The Kier molecular flexibility index (Phi) is 7.93. The fraction of sp³-hybridized carbons (Fsp3) is 0.278. The molecular formula is C18H20BrN7O7S2. The van der Waals surface area contributed by atoms with Gasteiger partial charge in [0.25, 0.3) is 11.8 Å². The molecule has 1 aliphatic heterocycles. The summed E-state index contributed by atoms with van der Waals surface area (Å²) in [5, 5.41) is 15.2. The van der Waals surface area contributed by atoms with Crippen LogP contribution in [0.5, 0.6) is 5.75 Å². The Labute approximate surface area is 211 Å². The van der Waals surface area contributed by atoms with Crippen molar-refractivity contribution in [2.75, 3.05) is 18.9 Å². The molecule has 2 heterocycles. The number of amidine groups is 1. The molecule has 1 aliphatic rings. The third-order valence-corrected chi connectivity index (χ3v) is 6.98. The number of thiazole rings is 1. The molecule has 2 amide bonds. The van der Waals surface area contributed by atoms with Crippen molar-refractivity contribution >= 4 is 66.1 Å². The van der Waals surface area contributed by atoms with Gasteiger partial charge in [-0.05, 0) is 41.1 Å². The van der Waals surface area contributed by atoms with Gasteiger partial charge in [0.2, 0.25) is 0 Å². The van der Waals surface area contributed by atoms with Gasteiger partial charge < -0.3 is 26.4 Å². The van der Waals surface area contributed by atoms with Crippen LogP contribution >= 0.6 is 27.3 Å². The molecule has 1 aromatic carbocycles. The van der Waals surface area contributed by atoms with E-state index in [0.717, 1.165) is 11.3 Å². The first-order valence-electron chi connectivity index (χ1n) is 9.69. The number of nitrogens with zero attached hydrogens (tertiary/aromatic N) is 3. The number of anilines is 1. The summed E-state index contributed by atoms with van der Waals surface area (Å²) in [6, 6.07) is 2.64. The number of halogens is 1. The average molecular weight is 590 g/mol. The lowest BCUT2D eigenvalue weighted by molar-refractivity contribution is -0.143. The van der Waals surface area contributed by atoms with E-state index in [4.69, 9.17) is 31.0 Å². The summed E-state index contributed by atoms with van der Waals surface area (Å²) in [7, 11) is -4.74. The molecule has 2 atom stereocenters. The predicted octanol–water partition coefficient (Wildman–Crippen LogP) is 0.0899. The van der Waals surface area contributed by atoms with Gasteiger partial charge in [0, 0.05) is 10.9 Å². The van der Waals surface area contributed by atoms with Crippen LogP contribution in [0.4, 0.5) is 5.13 Å². The van der Waals surface area contributed by atoms with Crippen LogP contribution in [0.25, 0.3) is 0 Å². The lowest BCUT2D eigenvalue weighted by atomic mass is 10.0. The fourth-order valence-corrected chi connectivity index (χ4v) is 4.92. The second-order valence-corrected chi connectivity index (χ2v) is 10.1. The molecule has 188 valence electrons. The molecule has 0 aliphatic carbocycles. The van der Waals surface area contributed by atoms with Crippen LogP contribution in [0.2, 0.25) is 0 Å². The zero-order valence-electron chi connectivity index (χ0n) is 18.0. The van der Waals surface area contributed by atoms with E-state index >= 15 is 0 Å². The first kappa shape index (κ1) is 26.3. The molecule has 0 unspecified atom stereocenters. The van der Waals surface area contributed by atoms with Crippen LogP contribution in [-0.4, -0.2) is 70.9 Å². The zero-order chi connectivity index (χ0) is 25.9. The minimum Gasteiger partial charge on any atom is -0.489 e. The highest BCUT2D eigenvalue weighted by atomic mass is 79.9. The first-order valence-corrected chi connectivity index (χ1v) is 12.8. The van der Waals surface area contributed by atoms with Gasteiger partial charge in [-0.1, -0.05) is 5.16 Å². The number of hydrogen-bond donors (Lipinski definition) is 5. The summed E-state index contributed by atoms with van der Waals surface area (Å²) in [6.45, 7) is 1.30. The number of carbonyl (C=O) groups excluding carboxylic acids is 2. The van der Waals surface area contributed by atoms with E-state index in [9.17, 15) is 18.0 Å².